The highest BCUT2D eigenvalue weighted by molar-refractivity contribution is 7.90. The smallest absolute Gasteiger partial charge is 0.335 e. The van der Waals surface area contributed by atoms with E-state index in [1.165, 1.54) is 3.97 Å². The summed E-state index contributed by atoms with van der Waals surface area (Å²) in [6, 6.07) is 17.1. The number of benzene rings is 2. The molecule has 0 unspecified atom stereocenters. The van der Waals surface area contributed by atoms with Gasteiger partial charge in [-0.1, -0.05) is 91.8 Å². The van der Waals surface area contributed by atoms with Gasteiger partial charge in [0.15, 0.2) is 0 Å². The Morgan fingerprint density at radius 1 is 0.857 bits per heavy atom. The fourth-order valence-electron chi connectivity index (χ4n) is 6.25. The molecule has 0 spiro atoms. The Hall–Kier alpha value is -1.84. The summed E-state index contributed by atoms with van der Waals surface area (Å²) in [4.78, 5) is 0.124. The number of para-hydroxylation sites is 1. The molecule has 1 aromatic heterocycles. The number of aromatic nitrogens is 1. The number of hydrogen-bond donors (Lipinski definition) is 2. The van der Waals surface area contributed by atoms with Gasteiger partial charge < -0.3 is 23.2 Å². The minimum atomic E-state index is -4.03. The molecule has 2 aromatic carbocycles. The molecule has 0 amide bonds. The van der Waals surface area contributed by atoms with Crippen molar-refractivity contribution in [3.05, 3.63) is 66.4 Å². The lowest BCUT2D eigenvalue weighted by molar-refractivity contribution is -0.0555. The number of hydrogen-bond acceptors (Lipinski definition) is 7. The molecule has 1 fully saturated rings. The van der Waals surface area contributed by atoms with Crippen molar-refractivity contribution in [1.29, 1.82) is 0 Å². The Morgan fingerprint density at radius 2 is 1.40 bits per heavy atom. The summed E-state index contributed by atoms with van der Waals surface area (Å²) in [6.45, 7) is 16.9. The molecule has 3 aromatic rings. The molecule has 0 saturated carbocycles. The third kappa shape index (κ3) is 5.94. The van der Waals surface area contributed by atoms with Crippen molar-refractivity contribution in [3.63, 3.8) is 0 Å². The standard InChI is InChI=1S/C31H47NO7SSi2/c1-21(2)41(22(3)4)37-20-30(34)31(38-42(39-41,23(5)6)24(7)8)19-29(33)28-18-25-14-12-13-17-27(25)32(28)40(35,36)26-15-10-9-11-16-26/h9-18,21-24,29-31,33-34H,19-20H2,1-8H3/t29-,30+,31-/m0/s1. The van der Waals surface area contributed by atoms with Gasteiger partial charge in [-0.15, -0.1) is 0 Å². The molecular weight excluding hydrogens is 587 g/mol. The molecule has 11 heteroatoms. The first kappa shape index (κ1) is 33.1. The molecule has 2 N–H and O–H groups in total. The second-order valence-electron chi connectivity index (χ2n) is 12.7. The molecule has 1 aliphatic heterocycles. The molecule has 0 radical (unpaired) electrons. The number of nitrogens with zero attached hydrogens (tertiary/aromatic N) is 1. The van der Waals surface area contributed by atoms with Gasteiger partial charge in [-0.25, -0.2) is 12.4 Å². The Labute approximate surface area is 253 Å². The van der Waals surface area contributed by atoms with Gasteiger partial charge in [0.1, 0.15) is 6.10 Å². The Balaban J connectivity index is 1.78. The Morgan fingerprint density at radius 3 is 1.98 bits per heavy atom. The van der Waals surface area contributed by atoms with Crippen molar-refractivity contribution in [3.8, 4) is 0 Å². The van der Waals surface area contributed by atoms with Gasteiger partial charge in [0.2, 0.25) is 0 Å². The second kappa shape index (κ2) is 12.6. The SMILES string of the molecule is CC(C)[Si]1(C(C)C)OC[C@@H](O)[C@H](C[C@H](O)c2cc3ccccc3n2S(=O)(=O)c2ccccc2)O[Si](C(C)C)(C(C)C)O1. The number of aliphatic hydroxyl groups excluding tert-OH is 2. The van der Waals surface area contributed by atoms with Crippen LogP contribution in [0.2, 0.25) is 22.2 Å². The maximum Gasteiger partial charge on any atom is 0.335 e. The topological polar surface area (TPSA) is 107 Å². The number of rotatable bonds is 9. The van der Waals surface area contributed by atoms with Crippen LogP contribution in [0.15, 0.2) is 65.6 Å². The van der Waals surface area contributed by atoms with E-state index in [0.717, 1.165) is 0 Å². The van der Waals surface area contributed by atoms with Crippen LogP contribution in [-0.4, -0.2) is 58.5 Å². The zero-order chi connectivity index (χ0) is 31.0. The number of aliphatic hydroxyl groups is 2. The highest BCUT2D eigenvalue weighted by Crippen LogP contribution is 2.46. The van der Waals surface area contributed by atoms with Crippen molar-refractivity contribution in [2.75, 3.05) is 6.61 Å². The first-order valence-corrected chi connectivity index (χ1v) is 20.3. The summed E-state index contributed by atoms with van der Waals surface area (Å²) in [5.74, 6) is 0. The molecule has 42 heavy (non-hydrogen) atoms. The summed E-state index contributed by atoms with van der Waals surface area (Å²) in [5, 5.41) is 23.9. The van der Waals surface area contributed by atoms with E-state index in [2.05, 4.69) is 55.4 Å². The van der Waals surface area contributed by atoms with Gasteiger partial charge in [-0.2, -0.15) is 0 Å². The van der Waals surface area contributed by atoms with E-state index in [1.54, 1.807) is 48.5 Å². The van der Waals surface area contributed by atoms with E-state index in [-0.39, 0.29) is 45.8 Å². The molecule has 8 nitrogen and oxygen atoms in total. The van der Waals surface area contributed by atoms with Gasteiger partial charge >= 0.3 is 17.1 Å². The van der Waals surface area contributed by atoms with E-state index in [0.29, 0.717) is 10.9 Å². The summed E-state index contributed by atoms with van der Waals surface area (Å²) < 4.78 is 49.8. The molecule has 4 rings (SSSR count). The maximum absolute atomic E-state index is 13.9. The van der Waals surface area contributed by atoms with Crippen LogP contribution in [0.5, 0.6) is 0 Å². The van der Waals surface area contributed by atoms with Crippen LogP contribution in [0, 0.1) is 0 Å². The van der Waals surface area contributed by atoms with Crippen LogP contribution in [0.4, 0.5) is 0 Å². The first-order valence-electron chi connectivity index (χ1n) is 15.0. The zero-order valence-electron chi connectivity index (χ0n) is 26.0. The van der Waals surface area contributed by atoms with Crippen LogP contribution < -0.4 is 0 Å². The van der Waals surface area contributed by atoms with Gasteiger partial charge in [-0.3, -0.25) is 0 Å². The van der Waals surface area contributed by atoms with Crippen LogP contribution in [0.1, 0.15) is 73.6 Å². The van der Waals surface area contributed by atoms with E-state index in [1.807, 2.05) is 12.1 Å². The summed E-state index contributed by atoms with van der Waals surface area (Å²) in [5.41, 5.74) is 1.05. The summed E-state index contributed by atoms with van der Waals surface area (Å²) in [7, 11) is -9.90. The third-order valence-corrected chi connectivity index (χ3v) is 20.6. The fourth-order valence-corrected chi connectivity index (χ4v) is 19.1. The lowest BCUT2D eigenvalue weighted by atomic mass is 10.0. The van der Waals surface area contributed by atoms with E-state index < -0.39 is 45.5 Å². The normalized spacial score (nSPS) is 22.1. The summed E-state index contributed by atoms with van der Waals surface area (Å²) in [6.07, 6.45) is -3.13. The highest BCUT2D eigenvalue weighted by atomic mass is 32.2. The van der Waals surface area contributed by atoms with Gasteiger partial charge in [0.25, 0.3) is 10.0 Å². The van der Waals surface area contributed by atoms with E-state index in [4.69, 9.17) is 13.0 Å². The molecule has 2 heterocycles. The van der Waals surface area contributed by atoms with Gasteiger partial charge in [0, 0.05) is 11.8 Å². The molecule has 1 aliphatic rings. The predicted octanol–water partition coefficient (Wildman–Crippen LogP) is 6.62. The third-order valence-electron chi connectivity index (χ3n) is 8.55. The van der Waals surface area contributed by atoms with E-state index in [9.17, 15) is 18.6 Å². The molecule has 0 bridgehead atoms. The molecule has 232 valence electrons. The average Bonchev–Trinajstić information content (AvgIpc) is 3.33. The molecule has 1 saturated heterocycles. The fraction of sp³-hybridized carbons (Fsp3) is 0.548. The zero-order valence-corrected chi connectivity index (χ0v) is 28.8. The first-order chi connectivity index (χ1) is 19.7. The van der Waals surface area contributed by atoms with Gasteiger partial charge in [-0.05, 0) is 46.4 Å². The lowest BCUT2D eigenvalue weighted by Crippen LogP contribution is -2.65. The van der Waals surface area contributed by atoms with Crippen molar-refractivity contribution in [1.82, 2.24) is 3.97 Å². The molecular formula is C31H47NO7SSi2. The maximum atomic E-state index is 13.9. The molecule has 0 aliphatic carbocycles. The average molecular weight is 634 g/mol. The highest BCUT2D eigenvalue weighted by Gasteiger charge is 2.58. The van der Waals surface area contributed by atoms with Crippen molar-refractivity contribution >= 4 is 38.0 Å². The Kier molecular flexibility index (Phi) is 9.95. The minimum absolute atomic E-state index is 0.0198. The second-order valence-corrected chi connectivity index (χ2v) is 23.3. The van der Waals surface area contributed by atoms with Crippen LogP contribution in [0.3, 0.4) is 0 Å². The van der Waals surface area contributed by atoms with Crippen molar-refractivity contribution in [2.45, 2.75) is 107 Å². The largest absolute Gasteiger partial charge is 0.414 e. The summed E-state index contributed by atoms with van der Waals surface area (Å²) >= 11 is 0. The predicted molar refractivity (Wildman–Crippen MR) is 170 cm³/mol. The lowest BCUT2D eigenvalue weighted by Gasteiger charge is -2.51. The quantitative estimate of drug-likeness (QED) is 0.255. The molecule has 3 atom stereocenters. The van der Waals surface area contributed by atoms with Crippen LogP contribution in [0.25, 0.3) is 10.9 Å². The van der Waals surface area contributed by atoms with E-state index >= 15 is 0 Å². The monoisotopic (exact) mass is 633 g/mol. The Bertz CT molecular complexity index is 1440. The number of fused-ring (bicyclic) bond motifs is 1. The van der Waals surface area contributed by atoms with Crippen LogP contribution >= 0.6 is 0 Å². The minimum Gasteiger partial charge on any atom is -0.414 e. The van der Waals surface area contributed by atoms with Crippen molar-refractivity contribution in [2.24, 2.45) is 0 Å². The van der Waals surface area contributed by atoms with Crippen LogP contribution in [-0.2, 0) is 23.0 Å². The van der Waals surface area contributed by atoms with Crippen molar-refractivity contribution < 1.29 is 31.6 Å². The van der Waals surface area contributed by atoms with Gasteiger partial charge in [0.05, 0.1) is 34.9 Å².